The van der Waals surface area contributed by atoms with Gasteiger partial charge in [0.05, 0.1) is 6.61 Å². The fourth-order valence-corrected chi connectivity index (χ4v) is 3.27. The van der Waals surface area contributed by atoms with Crippen molar-refractivity contribution < 1.29 is 14.3 Å². The molecule has 0 bridgehead atoms. The zero-order chi connectivity index (χ0) is 19.2. The molecule has 0 radical (unpaired) electrons. The summed E-state index contributed by atoms with van der Waals surface area (Å²) in [6.45, 7) is 5.39. The number of anilines is 2. The van der Waals surface area contributed by atoms with Crippen LogP contribution in [0.1, 0.15) is 49.0 Å². The van der Waals surface area contributed by atoms with Crippen LogP contribution in [-0.4, -0.2) is 25.0 Å². The first-order valence-corrected chi connectivity index (χ1v) is 9.60. The maximum atomic E-state index is 12.5. The predicted molar refractivity (Wildman–Crippen MR) is 108 cm³/mol. The van der Waals surface area contributed by atoms with Gasteiger partial charge in [0.25, 0.3) is 5.91 Å². The zero-order valence-corrected chi connectivity index (χ0v) is 16.0. The van der Waals surface area contributed by atoms with Gasteiger partial charge in [0.2, 0.25) is 5.91 Å². The fraction of sp³-hybridized carbons (Fsp3) is 0.364. The Kier molecular flexibility index (Phi) is 6.12. The number of amides is 2. The van der Waals surface area contributed by atoms with Crippen molar-refractivity contribution >= 4 is 23.2 Å². The van der Waals surface area contributed by atoms with Crippen LogP contribution in [0.3, 0.4) is 0 Å². The Balaban J connectivity index is 1.73. The molecular weight excluding hydrogens is 340 g/mol. The van der Waals surface area contributed by atoms with E-state index in [1.165, 1.54) is 0 Å². The maximum absolute atomic E-state index is 12.5. The molecule has 2 aromatic rings. The van der Waals surface area contributed by atoms with Crippen LogP contribution in [0.5, 0.6) is 5.75 Å². The number of aryl methyl sites for hydroxylation is 1. The summed E-state index contributed by atoms with van der Waals surface area (Å²) in [5.74, 6) is 0.773. The van der Waals surface area contributed by atoms with Gasteiger partial charge < -0.3 is 15.0 Å². The molecule has 1 aliphatic rings. The van der Waals surface area contributed by atoms with E-state index in [1.54, 1.807) is 24.3 Å². The molecule has 2 amide bonds. The summed E-state index contributed by atoms with van der Waals surface area (Å²) in [5, 5.41) is 2.95. The number of hydrogen-bond donors (Lipinski definition) is 1. The minimum Gasteiger partial charge on any atom is -0.494 e. The van der Waals surface area contributed by atoms with Crippen LogP contribution in [0.2, 0.25) is 0 Å². The Morgan fingerprint density at radius 2 is 1.89 bits per heavy atom. The third-order valence-electron chi connectivity index (χ3n) is 4.70. The molecule has 2 aromatic carbocycles. The van der Waals surface area contributed by atoms with Crippen LogP contribution in [0.4, 0.5) is 11.4 Å². The second-order valence-electron chi connectivity index (χ2n) is 6.65. The summed E-state index contributed by atoms with van der Waals surface area (Å²) in [5.41, 5.74) is 3.40. The average Bonchev–Trinajstić information content (AvgIpc) is 2.68. The summed E-state index contributed by atoms with van der Waals surface area (Å²) in [6.07, 6.45) is 3.27. The van der Waals surface area contributed by atoms with E-state index in [9.17, 15) is 9.59 Å². The molecular formula is C22H26N2O3. The maximum Gasteiger partial charge on any atom is 0.255 e. The first kappa shape index (κ1) is 19.0. The van der Waals surface area contributed by atoms with Crippen molar-refractivity contribution in [1.29, 1.82) is 0 Å². The van der Waals surface area contributed by atoms with Crippen molar-refractivity contribution in [1.82, 2.24) is 0 Å². The molecule has 0 saturated heterocycles. The lowest BCUT2D eigenvalue weighted by Gasteiger charge is -2.29. The van der Waals surface area contributed by atoms with Gasteiger partial charge in [-0.15, -0.1) is 0 Å². The van der Waals surface area contributed by atoms with Gasteiger partial charge in [-0.05, 0) is 67.8 Å². The molecule has 0 fully saturated rings. The monoisotopic (exact) mass is 366 g/mol. The van der Waals surface area contributed by atoms with Gasteiger partial charge in [-0.2, -0.15) is 0 Å². The number of benzene rings is 2. The number of carbonyl (C=O) groups is 2. The lowest BCUT2D eigenvalue weighted by molar-refractivity contribution is -0.118. The van der Waals surface area contributed by atoms with Crippen molar-refractivity contribution in [2.75, 3.05) is 23.4 Å². The van der Waals surface area contributed by atoms with Gasteiger partial charge in [-0.1, -0.05) is 13.3 Å². The predicted octanol–water partition coefficient (Wildman–Crippen LogP) is 4.42. The lowest BCUT2D eigenvalue weighted by atomic mass is 10.00. The molecule has 1 aliphatic heterocycles. The third-order valence-corrected chi connectivity index (χ3v) is 4.70. The van der Waals surface area contributed by atoms with Gasteiger partial charge in [0, 0.05) is 29.9 Å². The molecule has 1 heterocycles. The van der Waals surface area contributed by atoms with Crippen LogP contribution in [0.15, 0.2) is 42.5 Å². The van der Waals surface area contributed by atoms with Crippen molar-refractivity contribution in [3.63, 3.8) is 0 Å². The topological polar surface area (TPSA) is 58.6 Å². The van der Waals surface area contributed by atoms with E-state index in [2.05, 4.69) is 12.2 Å². The molecule has 27 heavy (non-hydrogen) atoms. The molecule has 0 unspecified atom stereocenters. The van der Waals surface area contributed by atoms with Gasteiger partial charge in [0.15, 0.2) is 0 Å². The smallest absolute Gasteiger partial charge is 0.255 e. The zero-order valence-electron chi connectivity index (χ0n) is 16.0. The fourth-order valence-electron chi connectivity index (χ4n) is 3.27. The SMILES string of the molecule is CCCCN1C(=O)CCc2cc(NC(=O)c3ccc(OCC)cc3)ccc21. The van der Waals surface area contributed by atoms with E-state index >= 15 is 0 Å². The lowest BCUT2D eigenvalue weighted by Crippen LogP contribution is -2.35. The minimum atomic E-state index is -0.160. The Labute approximate surface area is 160 Å². The number of fused-ring (bicyclic) bond motifs is 1. The molecule has 5 nitrogen and oxygen atoms in total. The molecule has 142 valence electrons. The quantitative estimate of drug-likeness (QED) is 0.789. The number of nitrogens with zero attached hydrogens (tertiary/aromatic N) is 1. The Hall–Kier alpha value is -2.82. The van der Waals surface area contributed by atoms with E-state index in [0.717, 1.165) is 42.1 Å². The summed E-state index contributed by atoms with van der Waals surface area (Å²) >= 11 is 0. The van der Waals surface area contributed by atoms with Crippen molar-refractivity contribution in [3.8, 4) is 5.75 Å². The van der Waals surface area contributed by atoms with Gasteiger partial charge in [0.1, 0.15) is 5.75 Å². The molecule has 0 aromatic heterocycles. The number of hydrogen-bond acceptors (Lipinski definition) is 3. The normalized spacial score (nSPS) is 13.3. The van der Waals surface area contributed by atoms with Crippen molar-refractivity contribution in [3.05, 3.63) is 53.6 Å². The standard InChI is InChI=1S/C22H26N2O3/c1-3-5-14-24-20-12-9-18(15-17(20)8-13-21(24)25)23-22(26)16-6-10-19(11-7-16)27-4-2/h6-7,9-12,15H,3-5,8,13-14H2,1-2H3,(H,23,26). The van der Waals surface area contributed by atoms with E-state index in [4.69, 9.17) is 4.74 Å². The van der Waals surface area contributed by atoms with Gasteiger partial charge >= 0.3 is 0 Å². The Bertz CT molecular complexity index is 815. The van der Waals surface area contributed by atoms with E-state index in [-0.39, 0.29) is 11.8 Å². The van der Waals surface area contributed by atoms with Crippen LogP contribution in [-0.2, 0) is 11.2 Å². The van der Waals surface area contributed by atoms with E-state index < -0.39 is 0 Å². The van der Waals surface area contributed by atoms with Crippen LogP contribution in [0.25, 0.3) is 0 Å². The average molecular weight is 366 g/mol. The molecule has 5 heteroatoms. The van der Waals surface area contributed by atoms with E-state index in [1.807, 2.05) is 30.0 Å². The Morgan fingerprint density at radius 1 is 1.11 bits per heavy atom. The number of nitrogens with one attached hydrogen (secondary N) is 1. The number of rotatable bonds is 7. The number of unbranched alkanes of at least 4 members (excludes halogenated alkanes) is 1. The second-order valence-corrected chi connectivity index (χ2v) is 6.65. The summed E-state index contributed by atoms with van der Waals surface area (Å²) in [6, 6.07) is 12.9. The first-order chi connectivity index (χ1) is 13.1. The first-order valence-electron chi connectivity index (χ1n) is 9.60. The number of carbonyl (C=O) groups excluding carboxylic acids is 2. The highest BCUT2D eigenvalue weighted by molar-refractivity contribution is 6.05. The highest BCUT2D eigenvalue weighted by atomic mass is 16.5. The van der Waals surface area contributed by atoms with Crippen LogP contribution >= 0.6 is 0 Å². The van der Waals surface area contributed by atoms with Gasteiger partial charge in [-0.3, -0.25) is 9.59 Å². The van der Waals surface area contributed by atoms with Crippen LogP contribution in [0, 0.1) is 0 Å². The highest BCUT2D eigenvalue weighted by Gasteiger charge is 2.23. The largest absolute Gasteiger partial charge is 0.494 e. The molecule has 3 rings (SSSR count). The highest BCUT2D eigenvalue weighted by Crippen LogP contribution is 2.30. The van der Waals surface area contributed by atoms with Crippen molar-refractivity contribution in [2.24, 2.45) is 0 Å². The molecule has 0 aliphatic carbocycles. The molecule has 0 saturated carbocycles. The number of ether oxygens (including phenoxy) is 1. The molecule has 0 spiro atoms. The second kappa shape index (κ2) is 8.71. The molecule has 0 atom stereocenters. The van der Waals surface area contributed by atoms with Gasteiger partial charge in [-0.25, -0.2) is 0 Å². The molecule has 1 N–H and O–H groups in total. The van der Waals surface area contributed by atoms with E-state index in [0.29, 0.717) is 25.0 Å². The Morgan fingerprint density at radius 3 is 2.59 bits per heavy atom. The summed E-state index contributed by atoms with van der Waals surface area (Å²) in [7, 11) is 0. The van der Waals surface area contributed by atoms with Crippen molar-refractivity contribution in [2.45, 2.75) is 39.5 Å². The minimum absolute atomic E-state index is 0.160. The summed E-state index contributed by atoms with van der Waals surface area (Å²) in [4.78, 5) is 26.6. The summed E-state index contributed by atoms with van der Waals surface area (Å²) < 4.78 is 5.40. The third kappa shape index (κ3) is 4.48. The van der Waals surface area contributed by atoms with Crippen LogP contribution < -0.4 is 15.0 Å².